The van der Waals surface area contributed by atoms with Crippen molar-refractivity contribution in [1.82, 2.24) is 0 Å². The number of ether oxygens (including phenoxy) is 2. The van der Waals surface area contributed by atoms with Gasteiger partial charge < -0.3 is 9.47 Å². The minimum atomic E-state index is -0.291. The molecule has 0 N–H and O–H groups in total. The van der Waals surface area contributed by atoms with Crippen molar-refractivity contribution in [1.29, 1.82) is 0 Å². The number of carbonyl (C=O) groups excluding carboxylic acids is 1. The predicted octanol–water partition coefficient (Wildman–Crippen LogP) is 1.28. The summed E-state index contributed by atoms with van der Waals surface area (Å²) >= 11 is 0. The summed E-state index contributed by atoms with van der Waals surface area (Å²) in [4.78, 5) is 10.9. The Bertz CT molecular complexity index is 192. The van der Waals surface area contributed by atoms with Gasteiger partial charge in [0.05, 0.1) is 13.2 Å². The van der Waals surface area contributed by atoms with Crippen molar-refractivity contribution in [2.75, 3.05) is 13.2 Å². The Kier molecular flexibility index (Phi) is 2.87. The van der Waals surface area contributed by atoms with E-state index in [1.807, 2.05) is 6.92 Å². The zero-order chi connectivity index (χ0) is 9.03. The fourth-order valence-corrected chi connectivity index (χ4v) is 0.921. The summed E-state index contributed by atoms with van der Waals surface area (Å²) in [5.41, 5.74) is -0.160. The first-order valence-electron chi connectivity index (χ1n) is 4.22. The van der Waals surface area contributed by atoms with Crippen molar-refractivity contribution in [2.45, 2.75) is 25.9 Å². The minimum absolute atomic E-state index is 0.160. The topological polar surface area (TPSA) is 38.8 Å². The minimum Gasteiger partial charge on any atom is -0.463 e. The Hall–Kier alpha value is -0.830. The molecule has 0 amide bonds. The third-order valence-electron chi connectivity index (χ3n) is 1.92. The van der Waals surface area contributed by atoms with E-state index in [-0.39, 0.29) is 11.6 Å². The molecule has 1 aliphatic rings. The second-order valence-electron chi connectivity index (χ2n) is 2.79. The normalized spacial score (nSPS) is 27.5. The van der Waals surface area contributed by atoms with E-state index in [2.05, 4.69) is 0 Å². The van der Waals surface area contributed by atoms with Gasteiger partial charge in [0, 0.05) is 6.08 Å². The summed E-state index contributed by atoms with van der Waals surface area (Å²) in [5.74, 6) is -0.291. The smallest absolute Gasteiger partial charge is 0.330 e. The molecular formula is C9H14O3. The number of hydrogen-bond acceptors (Lipinski definition) is 3. The summed E-state index contributed by atoms with van der Waals surface area (Å²) in [7, 11) is 0. The van der Waals surface area contributed by atoms with E-state index >= 15 is 0 Å². The molecule has 0 radical (unpaired) electrons. The summed E-state index contributed by atoms with van der Waals surface area (Å²) in [6.07, 6.45) is 4.13. The molecule has 1 heterocycles. The Morgan fingerprint density at radius 3 is 2.75 bits per heavy atom. The summed E-state index contributed by atoms with van der Waals surface area (Å²) in [6, 6.07) is 0. The van der Waals surface area contributed by atoms with Gasteiger partial charge in [0.15, 0.2) is 0 Å². The highest BCUT2D eigenvalue weighted by molar-refractivity contribution is 5.82. The molecule has 0 spiro atoms. The van der Waals surface area contributed by atoms with Crippen LogP contribution in [-0.2, 0) is 14.3 Å². The molecule has 1 atom stereocenters. The van der Waals surface area contributed by atoms with Gasteiger partial charge in [-0.25, -0.2) is 4.79 Å². The second kappa shape index (κ2) is 3.72. The van der Waals surface area contributed by atoms with Crippen LogP contribution in [0.2, 0.25) is 0 Å². The Labute approximate surface area is 72.4 Å². The molecule has 1 fully saturated rings. The molecule has 0 aliphatic carbocycles. The van der Waals surface area contributed by atoms with Gasteiger partial charge in [-0.05, 0) is 19.4 Å². The summed E-state index contributed by atoms with van der Waals surface area (Å²) in [6.45, 7) is 4.96. The molecule has 3 nitrogen and oxygen atoms in total. The van der Waals surface area contributed by atoms with Crippen LogP contribution in [0.5, 0.6) is 0 Å². The van der Waals surface area contributed by atoms with Gasteiger partial charge in [-0.3, -0.25) is 0 Å². The average Bonchev–Trinajstić information content (AvgIpc) is 2.82. The molecule has 0 aromatic rings. The van der Waals surface area contributed by atoms with Crippen LogP contribution in [0, 0.1) is 0 Å². The van der Waals surface area contributed by atoms with Gasteiger partial charge >= 0.3 is 5.97 Å². The lowest BCUT2D eigenvalue weighted by Crippen LogP contribution is -2.06. The third-order valence-corrected chi connectivity index (χ3v) is 1.92. The molecule has 12 heavy (non-hydrogen) atoms. The molecule has 3 heteroatoms. The first-order chi connectivity index (χ1) is 5.72. The monoisotopic (exact) mass is 170 g/mol. The molecule has 0 aromatic heterocycles. The predicted molar refractivity (Wildman–Crippen MR) is 44.7 cm³/mol. The molecule has 1 aliphatic heterocycles. The van der Waals surface area contributed by atoms with E-state index in [4.69, 9.17) is 9.47 Å². The van der Waals surface area contributed by atoms with E-state index in [9.17, 15) is 4.79 Å². The van der Waals surface area contributed by atoms with Crippen molar-refractivity contribution in [3.8, 4) is 0 Å². The fourth-order valence-electron chi connectivity index (χ4n) is 0.921. The van der Waals surface area contributed by atoms with Crippen molar-refractivity contribution in [3.63, 3.8) is 0 Å². The second-order valence-corrected chi connectivity index (χ2v) is 2.79. The zero-order valence-electron chi connectivity index (χ0n) is 7.50. The van der Waals surface area contributed by atoms with Crippen molar-refractivity contribution in [3.05, 3.63) is 12.2 Å². The number of hydrogen-bond donors (Lipinski definition) is 0. The van der Waals surface area contributed by atoms with Gasteiger partial charge in [-0.15, -0.1) is 0 Å². The maximum atomic E-state index is 10.9. The van der Waals surface area contributed by atoms with E-state index in [0.29, 0.717) is 6.61 Å². The van der Waals surface area contributed by atoms with E-state index in [1.54, 1.807) is 13.0 Å². The van der Waals surface area contributed by atoms with Crippen LogP contribution in [0.3, 0.4) is 0 Å². The third kappa shape index (κ3) is 2.34. The molecule has 0 saturated carbocycles. The highest BCUT2D eigenvalue weighted by Gasteiger charge is 2.40. The first-order valence-corrected chi connectivity index (χ1v) is 4.22. The average molecular weight is 170 g/mol. The van der Waals surface area contributed by atoms with Gasteiger partial charge in [-0.2, -0.15) is 0 Å². The Balaban J connectivity index is 2.34. The van der Waals surface area contributed by atoms with Crippen LogP contribution >= 0.6 is 0 Å². The largest absolute Gasteiger partial charge is 0.463 e. The fraction of sp³-hybridized carbons (Fsp3) is 0.667. The maximum absolute atomic E-state index is 10.9. The van der Waals surface area contributed by atoms with E-state index in [1.165, 1.54) is 6.08 Å². The van der Waals surface area contributed by atoms with Crippen LogP contribution in [0.4, 0.5) is 0 Å². The molecule has 1 saturated heterocycles. The molecular weight excluding hydrogens is 156 g/mol. The highest BCUT2D eigenvalue weighted by atomic mass is 16.6. The van der Waals surface area contributed by atoms with Crippen molar-refractivity contribution < 1.29 is 14.3 Å². The molecule has 0 aromatic carbocycles. The maximum Gasteiger partial charge on any atom is 0.330 e. The number of epoxide rings is 1. The van der Waals surface area contributed by atoms with E-state index in [0.717, 1.165) is 13.0 Å². The number of carbonyl (C=O) groups is 1. The van der Waals surface area contributed by atoms with Crippen LogP contribution in [0.1, 0.15) is 20.3 Å². The molecule has 1 rings (SSSR count). The van der Waals surface area contributed by atoms with Gasteiger partial charge in [-0.1, -0.05) is 6.92 Å². The quantitative estimate of drug-likeness (QED) is 0.362. The van der Waals surface area contributed by atoms with Gasteiger partial charge in [0.25, 0.3) is 0 Å². The highest BCUT2D eigenvalue weighted by Crippen LogP contribution is 2.31. The standard InChI is InChI=1S/C9H14O3/c1-3-9(7-12-9)6-5-8(10)11-4-2/h5-6H,3-4,7H2,1-2H3/b6-5+. The number of rotatable bonds is 4. The van der Waals surface area contributed by atoms with E-state index < -0.39 is 0 Å². The lowest BCUT2D eigenvalue weighted by Gasteiger charge is -1.99. The Morgan fingerprint density at radius 2 is 2.33 bits per heavy atom. The Morgan fingerprint density at radius 1 is 1.67 bits per heavy atom. The SMILES string of the molecule is CCOC(=O)/C=C/C1(CC)CO1. The summed E-state index contributed by atoms with van der Waals surface area (Å²) in [5, 5.41) is 0. The van der Waals surface area contributed by atoms with Crippen LogP contribution in [-0.4, -0.2) is 24.8 Å². The van der Waals surface area contributed by atoms with Crippen LogP contribution in [0.15, 0.2) is 12.2 Å². The van der Waals surface area contributed by atoms with Gasteiger partial charge in [0.1, 0.15) is 5.60 Å². The molecule has 0 bridgehead atoms. The zero-order valence-corrected chi connectivity index (χ0v) is 7.50. The lowest BCUT2D eigenvalue weighted by molar-refractivity contribution is -0.137. The molecule has 1 unspecified atom stereocenters. The van der Waals surface area contributed by atoms with Gasteiger partial charge in [0.2, 0.25) is 0 Å². The number of esters is 1. The van der Waals surface area contributed by atoms with Crippen molar-refractivity contribution in [2.24, 2.45) is 0 Å². The molecule has 68 valence electrons. The first kappa shape index (κ1) is 9.26. The summed E-state index contributed by atoms with van der Waals surface area (Å²) < 4.78 is 9.91. The van der Waals surface area contributed by atoms with Crippen molar-refractivity contribution >= 4 is 5.97 Å². The van der Waals surface area contributed by atoms with Crippen LogP contribution in [0.25, 0.3) is 0 Å². The van der Waals surface area contributed by atoms with Crippen LogP contribution < -0.4 is 0 Å². The lowest BCUT2D eigenvalue weighted by atomic mass is 10.1.